The number of hydrogen-bond donors (Lipinski definition) is 2. The number of aromatic nitrogens is 2. The Hall–Kier alpha value is -0.740. The first-order valence-electron chi connectivity index (χ1n) is 3.22. The second-order valence-corrected chi connectivity index (χ2v) is 2.22. The van der Waals surface area contributed by atoms with Gasteiger partial charge in [0.15, 0.2) is 0 Å². The summed E-state index contributed by atoms with van der Waals surface area (Å²) in [6.07, 6.45) is 0.834. The average Bonchev–Trinajstić information content (AvgIpc) is 2.13. The highest BCUT2D eigenvalue weighted by molar-refractivity contribution is 5.85. The third kappa shape index (κ3) is 2.40. The second kappa shape index (κ2) is 4.20. The van der Waals surface area contributed by atoms with Crippen LogP contribution in [-0.4, -0.2) is 16.3 Å². The molecular weight excluding hydrogens is 164 g/mol. The van der Waals surface area contributed by atoms with E-state index in [1.54, 1.807) is 4.68 Å². The molecule has 0 saturated carbocycles. The van der Waals surface area contributed by atoms with Crippen LogP contribution in [0.3, 0.4) is 0 Å². The molecule has 0 unspecified atom stereocenters. The Balaban J connectivity index is 0.000001000. The predicted molar refractivity (Wildman–Crippen MR) is 47.6 cm³/mol. The van der Waals surface area contributed by atoms with Crippen molar-refractivity contribution in [3.63, 3.8) is 0 Å². The maximum Gasteiger partial charge on any atom is 0.145 e. The largest absolute Gasteiger partial charge is 0.382 e. The van der Waals surface area contributed by atoms with Crippen LogP contribution >= 0.6 is 12.4 Å². The number of anilines is 1. The monoisotopic (exact) mass is 176 g/mol. The zero-order valence-electron chi connectivity index (χ0n) is 6.45. The number of hydrogen-bond acceptors (Lipinski definition) is 3. The fourth-order valence-corrected chi connectivity index (χ4v) is 0.912. The van der Waals surface area contributed by atoms with E-state index < -0.39 is 0 Å². The molecule has 1 aromatic rings. The van der Waals surface area contributed by atoms with Crippen LogP contribution < -0.4 is 11.5 Å². The highest BCUT2D eigenvalue weighted by Crippen LogP contribution is 2.03. The number of nitrogens with zero attached hydrogens (tertiary/aromatic N) is 2. The first-order chi connectivity index (χ1) is 4.74. The maximum absolute atomic E-state index is 5.44. The Morgan fingerprint density at radius 3 is 2.64 bits per heavy atom. The fourth-order valence-electron chi connectivity index (χ4n) is 0.912. The lowest BCUT2D eigenvalue weighted by atomic mass is 10.3. The molecule has 0 amide bonds. The van der Waals surface area contributed by atoms with E-state index >= 15 is 0 Å². The van der Waals surface area contributed by atoms with E-state index in [0.29, 0.717) is 12.4 Å². The summed E-state index contributed by atoms with van der Waals surface area (Å²) in [5.41, 5.74) is 11.9. The number of nitrogen functional groups attached to an aromatic ring is 1. The van der Waals surface area contributed by atoms with Gasteiger partial charge in [0.05, 0.1) is 0 Å². The standard InChI is InChI=1S/C6H12N4.ClH/c1-10-5(2-3-7)4-6(8)9-10;/h4H,2-3,7H2,1H3,(H2,8,9);1H. The van der Waals surface area contributed by atoms with Crippen molar-refractivity contribution in [2.75, 3.05) is 12.3 Å². The molecule has 0 aliphatic rings. The van der Waals surface area contributed by atoms with Gasteiger partial charge in [-0.05, 0) is 6.54 Å². The summed E-state index contributed by atoms with van der Waals surface area (Å²) in [4.78, 5) is 0. The first kappa shape index (κ1) is 10.3. The van der Waals surface area contributed by atoms with Crippen LogP contribution in [0, 0.1) is 0 Å². The van der Waals surface area contributed by atoms with E-state index in [9.17, 15) is 0 Å². The molecule has 0 spiro atoms. The summed E-state index contributed by atoms with van der Waals surface area (Å²) in [5, 5.41) is 3.97. The average molecular weight is 177 g/mol. The Morgan fingerprint density at radius 2 is 2.27 bits per heavy atom. The lowest BCUT2D eigenvalue weighted by Gasteiger charge is -1.95. The molecule has 1 heterocycles. The van der Waals surface area contributed by atoms with Gasteiger partial charge in [-0.2, -0.15) is 5.10 Å². The highest BCUT2D eigenvalue weighted by Gasteiger charge is 1.99. The minimum Gasteiger partial charge on any atom is -0.382 e. The molecule has 0 aromatic carbocycles. The third-order valence-electron chi connectivity index (χ3n) is 1.40. The topological polar surface area (TPSA) is 69.9 Å². The SMILES string of the molecule is Cl.Cn1nc(N)cc1CCN. The zero-order chi connectivity index (χ0) is 7.56. The van der Waals surface area contributed by atoms with Gasteiger partial charge in [0.25, 0.3) is 0 Å². The lowest BCUT2D eigenvalue weighted by Crippen LogP contribution is -2.06. The van der Waals surface area contributed by atoms with Crippen molar-refractivity contribution in [1.29, 1.82) is 0 Å². The van der Waals surface area contributed by atoms with Crippen molar-refractivity contribution >= 4 is 18.2 Å². The molecule has 5 heteroatoms. The quantitative estimate of drug-likeness (QED) is 0.663. The van der Waals surface area contributed by atoms with Gasteiger partial charge in [-0.1, -0.05) is 0 Å². The molecule has 1 aromatic heterocycles. The molecule has 0 aliphatic heterocycles. The van der Waals surface area contributed by atoms with Crippen LogP contribution in [0.15, 0.2) is 6.07 Å². The number of halogens is 1. The molecule has 0 radical (unpaired) electrons. The molecule has 11 heavy (non-hydrogen) atoms. The maximum atomic E-state index is 5.44. The van der Waals surface area contributed by atoms with Gasteiger partial charge >= 0.3 is 0 Å². The molecule has 4 nitrogen and oxygen atoms in total. The smallest absolute Gasteiger partial charge is 0.145 e. The van der Waals surface area contributed by atoms with Crippen LogP contribution in [0.4, 0.5) is 5.82 Å². The van der Waals surface area contributed by atoms with Gasteiger partial charge in [-0.25, -0.2) is 0 Å². The fraction of sp³-hybridized carbons (Fsp3) is 0.500. The minimum absolute atomic E-state index is 0. The molecule has 0 fully saturated rings. The van der Waals surface area contributed by atoms with E-state index in [2.05, 4.69) is 5.10 Å². The third-order valence-corrected chi connectivity index (χ3v) is 1.40. The summed E-state index contributed by atoms with van der Waals surface area (Å²) < 4.78 is 1.75. The Bertz CT molecular complexity index is 220. The van der Waals surface area contributed by atoms with E-state index in [0.717, 1.165) is 12.1 Å². The van der Waals surface area contributed by atoms with Crippen LogP contribution in [-0.2, 0) is 13.5 Å². The zero-order valence-corrected chi connectivity index (χ0v) is 7.27. The van der Waals surface area contributed by atoms with Gasteiger partial charge in [0, 0.05) is 25.2 Å². The van der Waals surface area contributed by atoms with Crippen LogP contribution in [0.1, 0.15) is 5.69 Å². The molecule has 4 N–H and O–H groups in total. The van der Waals surface area contributed by atoms with Crippen LogP contribution in [0.5, 0.6) is 0 Å². The van der Waals surface area contributed by atoms with Crippen molar-refractivity contribution in [2.24, 2.45) is 12.8 Å². The van der Waals surface area contributed by atoms with E-state index in [-0.39, 0.29) is 12.4 Å². The van der Waals surface area contributed by atoms with Gasteiger partial charge in [0.1, 0.15) is 5.82 Å². The molecule has 0 aliphatic carbocycles. The molecule has 64 valence electrons. The number of rotatable bonds is 2. The van der Waals surface area contributed by atoms with E-state index in [4.69, 9.17) is 11.5 Å². The minimum atomic E-state index is 0. The molecule has 0 saturated heterocycles. The highest BCUT2D eigenvalue weighted by atomic mass is 35.5. The molecule has 0 bridgehead atoms. The molecular formula is C6H13ClN4. The van der Waals surface area contributed by atoms with Gasteiger partial charge in [0.2, 0.25) is 0 Å². The second-order valence-electron chi connectivity index (χ2n) is 2.22. The number of aryl methyl sites for hydroxylation is 1. The summed E-state index contributed by atoms with van der Waals surface area (Å²) in [7, 11) is 1.86. The van der Waals surface area contributed by atoms with Crippen molar-refractivity contribution in [1.82, 2.24) is 9.78 Å². The predicted octanol–water partition coefficient (Wildman–Crippen LogP) is -0.0747. The van der Waals surface area contributed by atoms with Crippen LogP contribution in [0.2, 0.25) is 0 Å². The van der Waals surface area contributed by atoms with Crippen molar-refractivity contribution in [2.45, 2.75) is 6.42 Å². The summed E-state index contributed by atoms with van der Waals surface area (Å²) >= 11 is 0. The van der Waals surface area contributed by atoms with Crippen molar-refractivity contribution in [3.05, 3.63) is 11.8 Å². The first-order valence-corrected chi connectivity index (χ1v) is 3.22. The number of nitrogens with two attached hydrogens (primary N) is 2. The Kier molecular flexibility index (Phi) is 3.92. The Morgan fingerprint density at radius 1 is 1.64 bits per heavy atom. The normalized spacial score (nSPS) is 9.27. The summed E-state index contributed by atoms with van der Waals surface area (Å²) in [6.45, 7) is 0.638. The van der Waals surface area contributed by atoms with E-state index in [1.807, 2.05) is 13.1 Å². The lowest BCUT2D eigenvalue weighted by molar-refractivity contribution is 0.709. The molecule has 0 atom stereocenters. The summed E-state index contributed by atoms with van der Waals surface area (Å²) in [6, 6.07) is 1.84. The van der Waals surface area contributed by atoms with Crippen molar-refractivity contribution in [3.8, 4) is 0 Å². The van der Waals surface area contributed by atoms with Gasteiger partial charge < -0.3 is 11.5 Å². The van der Waals surface area contributed by atoms with E-state index in [1.165, 1.54) is 0 Å². The van der Waals surface area contributed by atoms with Crippen molar-refractivity contribution < 1.29 is 0 Å². The Labute approximate surface area is 72.0 Å². The summed E-state index contributed by atoms with van der Waals surface area (Å²) in [5.74, 6) is 0.561. The van der Waals surface area contributed by atoms with Crippen LogP contribution in [0.25, 0.3) is 0 Å². The molecule has 1 rings (SSSR count). The van der Waals surface area contributed by atoms with Gasteiger partial charge in [-0.3, -0.25) is 4.68 Å². The van der Waals surface area contributed by atoms with Gasteiger partial charge in [-0.15, -0.1) is 12.4 Å².